The van der Waals surface area contributed by atoms with E-state index >= 15 is 0 Å². The number of anilines is 2. The molecule has 0 aliphatic heterocycles. The number of nitrogens with two attached hydrogens (primary N) is 1. The van der Waals surface area contributed by atoms with Crippen molar-refractivity contribution in [1.29, 1.82) is 0 Å². The predicted octanol–water partition coefficient (Wildman–Crippen LogP) is 4.44. The Kier molecular flexibility index (Phi) is 5.57. The van der Waals surface area contributed by atoms with Gasteiger partial charge in [-0.1, -0.05) is 38.2 Å². The zero-order valence-corrected chi connectivity index (χ0v) is 12.8. The number of nitrogens with one attached hydrogen (secondary N) is 1. The van der Waals surface area contributed by atoms with E-state index in [-0.39, 0.29) is 6.10 Å². The van der Waals surface area contributed by atoms with E-state index in [2.05, 4.69) is 5.32 Å². The molecule has 0 radical (unpaired) electrons. The van der Waals surface area contributed by atoms with E-state index in [1.54, 1.807) is 0 Å². The molecule has 3 heteroatoms. The van der Waals surface area contributed by atoms with E-state index in [1.807, 2.05) is 32.0 Å². The van der Waals surface area contributed by atoms with Gasteiger partial charge in [-0.2, -0.15) is 0 Å². The Morgan fingerprint density at radius 2 is 2.00 bits per heavy atom. The van der Waals surface area contributed by atoms with Crippen LogP contribution in [0.25, 0.3) is 0 Å². The smallest absolute Gasteiger partial charge is 0.144 e. The third-order valence-corrected chi connectivity index (χ3v) is 4.02. The first kappa shape index (κ1) is 15.0. The van der Waals surface area contributed by atoms with Gasteiger partial charge in [-0.05, 0) is 38.3 Å². The molecule has 0 saturated heterocycles. The van der Waals surface area contributed by atoms with E-state index in [4.69, 9.17) is 10.5 Å². The summed E-state index contributed by atoms with van der Waals surface area (Å²) >= 11 is 0. The fraction of sp³-hybridized carbons (Fsp3) is 0.647. The third-order valence-electron chi connectivity index (χ3n) is 4.02. The Labute approximate surface area is 122 Å². The third kappa shape index (κ3) is 4.32. The van der Waals surface area contributed by atoms with Gasteiger partial charge in [0, 0.05) is 6.54 Å². The lowest BCUT2D eigenvalue weighted by molar-refractivity contribution is 0.244. The Morgan fingerprint density at radius 1 is 1.25 bits per heavy atom. The maximum atomic E-state index is 6.16. The molecule has 0 amide bonds. The first-order valence-electron chi connectivity index (χ1n) is 7.96. The van der Waals surface area contributed by atoms with Gasteiger partial charge in [0.1, 0.15) is 5.75 Å². The Bertz CT molecular complexity index is 411. The molecule has 1 aliphatic rings. The maximum absolute atomic E-state index is 6.16. The van der Waals surface area contributed by atoms with Crippen LogP contribution in [0.5, 0.6) is 5.75 Å². The highest BCUT2D eigenvalue weighted by molar-refractivity contribution is 5.72. The van der Waals surface area contributed by atoms with Crippen molar-refractivity contribution in [3.05, 3.63) is 18.2 Å². The van der Waals surface area contributed by atoms with Gasteiger partial charge in [-0.15, -0.1) is 0 Å². The number of hydrogen-bond acceptors (Lipinski definition) is 3. The van der Waals surface area contributed by atoms with Gasteiger partial charge in [0.05, 0.1) is 17.5 Å². The van der Waals surface area contributed by atoms with Crippen molar-refractivity contribution < 1.29 is 4.74 Å². The highest BCUT2D eigenvalue weighted by Crippen LogP contribution is 2.31. The number of hydrogen-bond donors (Lipinski definition) is 2. The second kappa shape index (κ2) is 7.41. The number of nitrogen functional groups attached to an aromatic ring is 1. The predicted molar refractivity (Wildman–Crippen MR) is 86.3 cm³/mol. The molecule has 0 unspecified atom stereocenters. The second-order valence-corrected chi connectivity index (χ2v) is 6.10. The molecule has 1 aromatic rings. The van der Waals surface area contributed by atoms with E-state index in [9.17, 15) is 0 Å². The summed E-state index contributed by atoms with van der Waals surface area (Å²) in [7, 11) is 0. The molecule has 1 aliphatic carbocycles. The van der Waals surface area contributed by atoms with Crippen molar-refractivity contribution in [1.82, 2.24) is 0 Å². The second-order valence-electron chi connectivity index (χ2n) is 6.10. The van der Waals surface area contributed by atoms with E-state index < -0.39 is 0 Å². The molecular formula is C17H28N2O. The number of para-hydroxylation sites is 1. The van der Waals surface area contributed by atoms with Crippen LogP contribution in [0.1, 0.15) is 52.4 Å². The Hall–Kier alpha value is -1.38. The molecule has 112 valence electrons. The van der Waals surface area contributed by atoms with Crippen LogP contribution in [0.2, 0.25) is 0 Å². The quantitative estimate of drug-likeness (QED) is 0.755. The van der Waals surface area contributed by atoms with E-state index in [0.29, 0.717) is 0 Å². The lowest BCUT2D eigenvalue weighted by Crippen LogP contribution is -2.13. The molecule has 3 N–H and O–H groups in total. The zero-order valence-electron chi connectivity index (χ0n) is 12.8. The first-order chi connectivity index (χ1) is 9.66. The minimum atomic E-state index is 0.148. The highest BCUT2D eigenvalue weighted by Gasteiger charge is 2.13. The molecule has 0 aromatic heterocycles. The number of benzene rings is 1. The van der Waals surface area contributed by atoms with Gasteiger partial charge >= 0.3 is 0 Å². The Morgan fingerprint density at radius 3 is 2.70 bits per heavy atom. The minimum absolute atomic E-state index is 0.148. The van der Waals surface area contributed by atoms with Crippen molar-refractivity contribution in [3.63, 3.8) is 0 Å². The zero-order chi connectivity index (χ0) is 14.4. The largest absolute Gasteiger partial charge is 0.489 e. The van der Waals surface area contributed by atoms with Gasteiger partial charge in [0.25, 0.3) is 0 Å². The summed E-state index contributed by atoms with van der Waals surface area (Å²) in [6, 6.07) is 5.96. The highest BCUT2D eigenvalue weighted by atomic mass is 16.5. The van der Waals surface area contributed by atoms with Crippen LogP contribution < -0.4 is 15.8 Å². The average Bonchev–Trinajstić information content (AvgIpc) is 2.43. The van der Waals surface area contributed by atoms with Crippen molar-refractivity contribution in [2.45, 2.75) is 58.5 Å². The van der Waals surface area contributed by atoms with Crippen LogP contribution in [0, 0.1) is 5.92 Å². The average molecular weight is 276 g/mol. The summed E-state index contributed by atoms with van der Waals surface area (Å²) in [5.41, 5.74) is 7.89. The van der Waals surface area contributed by atoms with Gasteiger partial charge in [0.2, 0.25) is 0 Å². The molecule has 1 fully saturated rings. The van der Waals surface area contributed by atoms with Crippen LogP contribution in [0.15, 0.2) is 18.2 Å². The molecule has 3 nitrogen and oxygen atoms in total. The molecule has 0 atom stereocenters. The lowest BCUT2D eigenvalue weighted by Gasteiger charge is -2.22. The van der Waals surface area contributed by atoms with Crippen LogP contribution in [0.3, 0.4) is 0 Å². The molecule has 1 saturated carbocycles. The molecule has 2 rings (SSSR count). The van der Waals surface area contributed by atoms with E-state index in [1.165, 1.54) is 38.5 Å². The lowest BCUT2D eigenvalue weighted by atomic mass is 9.87. The maximum Gasteiger partial charge on any atom is 0.144 e. The van der Waals surface area contributed by atoms with Crippen molar-refractivity contribution >= 4 is 11.4 Å². The topological polar surface area (TPSA) is 47.3 Å². The van der Waals surface area contributed by atoms with Crippen molar-refractivity contribution in [2.75, 3.05) is 17.6 Å². The summed E-state index contributed by atoms with van der Waals surface area (Å²) < 4.78 is 5.72. The summed E-state index contributed by atoms with van der Waals surface area (Å²) in [5, 5.41) is 3.47. The van der Waals surface area contributed by atoms with Crippen LogP contribution >= 0.6 is 0 Å². The first-order valence-corrected chi connectivity index (χ1v) is 7.96. The fourth-order valence-corrected chi connectivity index (χ4v) is 2.94. The summed E-state index contributed by atoms with van der Waals surface area (Å²) in [6.45, 7) is 5.03. The molecule has 20 heavy (non-hydrogen) atoms. The number of ether oxygens (including phenoxy) is 1. The summed E-state index contributed by atoms with van der Waals surface area (Å²) in [4.78, 5) is 0. The SMILES string of the molecule is CC(C)Oc1cccc(NCCC2CCCCC2)c1N. The molecule has 1 aromatic carbocycles. The molecule has 0 heterocycles. The standard InChI is InChI=1S/C17H28N2O/c1-13(2)20-16-10-6-9-15(17(16)18)19-12-11-14-7-4-3-5-8-14/h6,9-10,13-14,19H,3-5,7-8,11-12,18H2,1-2H3. The van der Waals surface area contributed by atoms with Crippen molar-refractivity contribution in [3.8, 4) is 5.75 Å². The van der Waals surface area contributed by atoms with Crippen LogP contribution in [-0.4, -0.2) is 12.6 Å². The van der Waals surface area contributed by atoms with Crippen molar-refractivity contribution in [2.24, 2.45) is 5.92 Å². The molecule has 0 spiro atoms. The van der Waals surface area contributed by atoms with Gasteiger partial charge in [-0.3, -0.25) is 0 Å². The van der Waals surface area contributed by atoms with Gasteiger partial charge < -0.3 is 15.8 Å². The normalized spacial score (nSPS) is 16.4. The summed E-state index contributed by atoms with van der Waals surface area (Å²) in [6.07, 6.45) is 8.42. The van der Waals surface area contributed by atoms with E-state index in [0.717, 1.165) is 29.6 Å². The van der Waals surface area contributed by atoms with Gasteiger partial charge in [-0.25, -0.2) is 0 Å². The molecule has 0 bridgehead atoms. The number of rotatable bonds is 6. The molecular weight excluding hydrogens is 248 g/mol. The monoisotopic (exact) mass is 276 g/mol. The van der Waals surface area contributed by atoms with Crippen LogP contribution in [0.4, 0.5) is 11.4 Å². The minimum Gasteiger partial charge on any atom is -0.489 e. The fourth-order valence-electron chi connectivity index (χ4n) is 2.94. The summed E-state index contributed by atoms with van der Waals surface area (Å²) in [5.74, 6) is 1.68. The van der Waals surface area contributed by atoms with Gasteiger partial charge in [0.15, 0.2) is 0 Å². The van der Waals surface area contributed by atoms with Crippen LogP contribution in [-0.2, 0) is 0 Å². The Balaban J connectivity index is 1.85.